The van der Waals surface area contributed by atoms with E-state index in [2.05, 4.69) is 31.3 Å². The second-order valence-corrected chi connectivity index (χ2v) is 20.7. The predicted octanol–water partition coefficient (Wildman–Crippen LogP) is 18.5. The number of rotatable bonds is 56. The van der Waals surface area contributed by atoms with E-state index in [1.165, 1.54) is 257 Å². The molecule has 0 aromatic heterocycles. The van der Waals surface area contributed by atoms with Gasteiger partial charge in [0, 0.05) is 12.8 Å². The molecular weight excluding hydrogens is 815 g/mol. The van der Waals surface area contributed by atoms with Crippen molar-refractivity contribution in [1.29, 1.82) is 0 Å². The Balaban J connectivity index is 3.35. The number of unbranched alkanes of at least 4 members (excludes halogenated alkanes) is 43. The van der Waals surface area contributed by atoms with Crippen molar-refractivity contribution in [2.24, 2.45) is 0 Å². The molecule has 2 unspecified atom stereocenters. The first-order valence-electron chi connectivity index (χ1n) is 29.9. The van der Waals surface area contributed by atoms with Crippen molar-refractivity contribution in [1.82, 2.24) is 5.32 Å². The summed E-state index contributed by atoms with van der Waals surface area (Å²) in [6.07, 6.45) is 66.4. The summed E-state index contributed by atoms with van der Waals surface area (Å²) < 4.78 is 5.50. The average molecular weight is 933 g/mol. The van der Waals surface area contributed by atoms with Gasteiger partial charge in [-0.2, -0.15) is 0 Å². The number of esters is 1. The summed E-state index contributed by atoms with van der Waals surface area (Å²) in [4.78, 5) is 24.5. The standard InChI is InChI=1S/C60H117NO5/c1-3-5-7-9-11-13-15-16-17-18-20-24-27-30-34-38-42-46-50-54-60(65)66-55-51-47-43-39-35-31-28-25-22-19-21-23-26-29-33-37-41-45-49-53-59(64)61-57(56-62)58(63)52-48-44-40-36-32-14-12-10-8-6-4-2/h16-17,57-58,62-63H,3-15,18-56H2,1-2H3,(H,61,64)/b17-16-. The highest BCUT2D eigenvalue weighted by molar-refractivity contribution is 5.76. The van der Waals surface area contributed by atoms with Crippen LogP contribution in [0.15, 0.2) is 12.2 Å². The Morgan fingerprint density at radius 1 is 0.409 bits per heavy atom. The largest absolute Gasteiger partial charge is 0.466 e. The molecule has 6 heteroatoms. The lowest BCUT2D eigenvalue weighted by molar-refractivity contribution is -0.143. The molecular formula is C60H117NO5. The number of hydrogen-bond acceptors (Lipinski definition) is 5. The number of nitrogens with one attached hydrogen (secondary N) is 1. The van der Waals surface area contributed by atoms with E-state index < -0.39 is 12.1 Å². The molecule has 1 amide bonds. The van der Waals surface area contributed by atoms with Crippen LogP contribution in [0.2, 0.25) is 0 Å². The summed E-state index contributed by atoms with van der Waals surface area (Å²) in [6, 6.07) is -0.541. The van der Waals surface area contributed by atoms with Crippen LogP contribution in [0.5, 0.6) is 0 Å². The molecule has 0 bridgehead atoms. The first-order chi connectivity index (χ1) is 32.5. The first-order valence-corrected chi connectivity index (χ1v) is 29.9. The van der Waals surface area contributed by atoms with Crippen LogP contribution in [0.1, 0.15) is 335 Å². The van der Waals surface area contributed by atoms with Gasteiger partial charge in [-0.05, 0) is 51.4 Å². The normalized spacial score (nSPS) is 12.6. The third-order valence-electron chi connectivity index (χ3n) is 14.1. The lowest BCUT2D eigenvalue weighted by Gasteiger charge is -2.22. The third kappa shape index (κ3) is 52.0. The zero-order chi connectivity index (χ0) is 47.9. The highest BCUT2D eigenvalue weighted by Gasteiger charge is 2.20. The van der Waals surface area contributed by atoms with E-state index in [-0.39, 0.29) is 18.5 Å². The number of hydrogen-bond donors (Lipinski definition) is 3. The van der Waals surface area contributed by atoms with E-state index in [1.54, 1.807) is 0 Å². The molecule has 0 aromatic carbocycles. The van der Waals surface area contributed by atoms with E-state index in [0.717, 1.165) is 44.9 Å². The van der Waals surface area contributed by atoms with Gasteiger partial charge in [0.15, 0.2) is 0 Å². The zero-order valence-electron chi connectivity index (χ0n) is 44.7. The minimum absolute atomic E-state index is 0.00916. The van der Waals surface area contributed by atoms with Gasteiger partial charge in [-0.1, -0.05) is 283 Å². The summed E-state index contributed by atoms with van der Waals surface area (Å²) in [6.45, 7) is 4.95. The molecule has 0 aliphatic carbocycles. The fourth-order valence-electron chi connectivity index (χ4n) is 9.46. The van der Waals surface area contributed by atoms with Crippen LogP contribution < -0.4 is 5.32 Å². The van der Waals surface area contributed by atoms with Crippen LogP contribution in [0.4, 0.5) is 0 Å². The number of aliphatic hydroxyl groups is 2. The summed E-state index contributed by atoms with van der Waals surface area (Å²) in [7, 11) is 0. The molecule has 0 aliphatic rings. The topological polar surface area (TPSA) is 95.9 Å². The van der Waals surface area contributed by atoms with E-state index in [1.807, 2.05) is 0 Å². The van der Waals surface area contributed by atoms with Gasteiger partial charge in [-0.15, -0.1) is 0 Å². The van der Waals surface area contributed by atoms with Crippen molar-refractivity contribution < 1.29 is 24.5 Å². The number of aliphatic hydroxyl groups excluding tert-OH is 2. The van der Waals surface area contributed by atoms with E-state index >= 15 is 0 Å². The maximum atomic E-state index is 12.4. The van der Waals surface area contributed by atoms with Crippen LogP contribution in [0.3, 0.4) is 0 Å². The summed E-state index contributed by atoms with van der Waals surface area (Å²) in [5.41, 5.74) is 0. The number of carbonyl (C=O) groups is 2. The Kier molecular flexibility index (Phi) is 55.0. The number of ether oxygens (including phenoxy) is 1. The van der Waals surface area contributed by atoms with Crippen LogP contribution >= 0.6 is 0 Å². The lowest BCUT2D eigenvalue weighted by Crippen LogP contribution is -2.45. The minimum Gasteiger partial charge on any atom is -0.466 e. The molecule has 0 aliphatic heterocycles. The van der Waals surface area contributed by atoms with Crippen molar-refractivity contribution in [2.75, 3.05) is 13.2 Å². The maximum absolute atomic E-state index is 12.4. The van der Waals surface area contributed by atoms with Gasteiger partial charge in [0.25, 0.3) is 0 Å². The number of amides is 1. The SMILES string of the molecule is CCCCCCCC/C=C\CCCCCCCCCCCC(=O)OCCCCCCCCCCCCCCCCCCCCCC(=O)NC(CO)C(O)CCCCCCCCCCCCC. The van der Waals surface area contributed by atoms with Gasteiger partial charge in [0.2, 0.25) is 5.91 Å². The molecule has 0 heterocycles. The zero-order valence-corrected chi connectivity index (χ0v) is 44.7. The van der Waals surface area contributed by atoms with Gasteiger partial charge >= 0.3 is 5.97 Å². The van der Waals surface area contributed by atoms with Crippen molar-refractivity contribution >= 4 is 11.9 Å². The van der Waals surface area contributed by atoms with E-state index in [4.69, 9.17) is 4.74 Å². The molecule has 0 rings (SSSR count). The van der Waals surface area contributed by atoms with Gasteiger partial charge in [0.05, 0.1) is 25.4 Å². The Hall–Kier alpha value is -1.40. The van der Waals surface area contributed by atoms with Crippen molar-refractivity contribution in [2.45, 2.75) is 347 Å². The summed E-state index contributed by atoms with van der Waals surface area (Å²) in [5, 5.41) is 23.2. The van der Waals surface area contributed by atoms with Crippen LogP contribution in [0, 0.1) is 0 Å². The van der Waals surface area contributed by atoms with Crippen molar-refractivity contribution in [3.05, 3.63) is 12.2 Å². The molecule has 3 N–H and O–H groups in total. The first kappa shape index (κ1) is 64.6. The number of carbonyl (C=O) groups excluding carboxylic acids is 2. The molecule has 0 saturated carbocycles. The highest BCUT2D eigenvalue weighted by Crippen LogP contribution is 2.18. The Bertz CT molecular complexity index is 986. The quantitative estimate of drug-likeness (QED) is 0.0321. The second kappa shape index (κ2) is 56.2. The highest BCUT2D eigenvalue weighted by atomic mass is 16.5. The van der Waals surface area contributed by atoms with Crippen LogP contribution in [-0.2, 0) is 14.3 Å². The molecule has 0 spiro atoms. The van der Waals surface area contributed by atoms with Gasteiger partial charge < -0.3 is 20.3 Å². The third-order valence-corrected chi connectivity index (χ3v) is 14.1. The Morgan fingerprint density at radius 2 is 0.712 bits per heavy atom. The lowest BCUT2D eigenvalue weighted by atomic mass is 10.0. The average Bonchev–Trinajstić information content (AvgIpc) is 3.32. The second-order valence-electron chi connectivity index (χ2n) is 20.7. The Morgan fingerprint density at radius 3 is 1.08 bits per heavy atom. The van der Waals surface area contributed by atoms with E-state index in [0.29, 0.717) is 25.9 Å². The van der Waals surface area contributed by atoms with Crippen LogP contribution in [-0.4, -0.2) is 47.4 Å². The van der Waals surface area contributed by atoms with Gasteiger partial charge in [-0.3, -0.25) is 9.59 Å². The molecule has 6 nitrogen and oxygen atoms in total. The van der Waals surface area contributed by atoms with Crippen LogP contribution in [0.25, 0.3) is 0 Å². The molecule has 0 fully saturated rings. The van der Waals surface area contributed by atoms with Gasteiger partial charge in [-0.25, -0.2) is 0 Å². The summed E-state index contributed by atoms with van der Waals surface area (Å²) >= 11 is 0. The molecule has 0 aromatic rings. The monoisotopic (exact) mass is 932 g/mol. The van der Waals surface area contributed by atoms with Gasteiger partial charge in [0.1, 0.15) is 0 Å². The number of allylic oxidation sites excluding steroid dienone is 2. The smallest absolute Gasteiger partial charge is 0.305 e. The molecule has 2 atom stereocenters. The fraction of sp³-hybridized carbons (Fsp3) is 0.933. The van der Waals surface area contributed by atoms with E-state index in [9.17, 15) is 19.8 Å². The molecule has 66 heavy (non-hydrogen) atoms. The maximum Gasteiger partial charge on any atom is 0.305 e. The Labute approximate surface area is 412 Å². The fourth-order valence-corrected chi connectivity index (χ4v) is 9.46. The minimum atomic E-state index is -0.664. The predicted molar refractivity (Wildman–Crippen MR) is 287 cm³/mol. The molecule has 0 radical (unpaired) electrons. The van der Waals surface area contributed by atoms with Crippen molar-refractivity contribution in [3.63, 3.8) is 0 Å². The molecule has 392 valence electrons. The summed E-state index contributed by atoms with van der Waals surface area (Å²) in [5.74, 6) is -0.0284. The van der Waals surface area contributed by atoms with Crippen molar-refractivity contribution in [3.8, 4) is 0 Å². The molecule has 0 saturated heterocycles.